The van der Waals surface area contributed by atoms with Crippen molar-refractivity contribution < 1.29 is 18.3 Å². The van der Waals surface area contributed by atoms with E-state index in [1.165, 1.54) is 0 Å². The lowest BCUT2D eigenvalue weighted by Crippen LogP contribution is -2.35. The molecule has 0 spiro atoms. The summed E-state index contributed by atoms with van der Waals surface area (Å²) >= 11 is 0. The number of carbonyl (C=O) groups excluding carboxylic acids is 1. The van der Waals surface area contributed by atoms with Crippen molar-refractivity contribution in [2.75, 3.05) is 26.7 Å². The van der Waals surface area contributed by atoms with E-state index in [4.69, 9.17) is 4.74 Å². The third kappa shape index (κ3) is 2.26. The summed E-state index contributed by atoms with van der Waals surface area (Å²) < 4.78 is 35.1. The predicted molar refractivity (Wildman–Crippen MR) is 79.2 cm³/mol. The Kier molecular flexibility index (Phi) is 3.42. The summed E-state index contributed by atoms with van der Waals surface area (Å²) in [5.74, 6) is -0.925. The minimum atomic E-state index is -0.521. The highest BCUT2D eigenvalue weighted by Gasteiger charge is 2.32. The van der Waals surface area contributed by atoms with E-state index in [0.717, 1.165) is 12.8 Å². The number of nitrogens with one attached hydrogen (secondary N) is 1. The van der Waals surface area contributed by atoms with Crippen molar-refractivity contribution in [3.8, 4) is 0 Å². The van der Waals surface area contributed by atoms with Crippen LogP contribution in [0.25, 0.3) is 11.0 Å². The fourth-order valence-corrected chi connectivity index (χ4v) is 3.48. The second kappa shape index (κ2) is 5.35. The Hall–Kier alpha value is -1.86. The van der Waals surface area contributed by atoms with Gasteiger partial charge in [-0.25, -0.2) is 13.8 Å². The first-order chi connectivity index (χ1) is 11.1. The van der Waals surface area contributed by atoms with Gasteiger partial charge in [-0.15, -0.1) is 0 Å². The van der Waals surface area contributed by atoms with Crippen LogP contribution in [0.15, 0.2) is 0 Å². The average molecular weight is 321 g/mol. The molecule has 1 aliphatic carbocycles. The van der Waals surface area contributed by atoms with Gasteiger partial charge in [-0.3, -0.25) is 0 Å². The van der Waals surface area contributed by atoms with Crippen molar-refractivity contribution >= 4 is 17.3 Å². The van der Waals surface area contributed by atoms with Gasteiger partial charge in [0.2, 0.25) is 0 Å². The van der Waals surface area contributed by atoms with Crippen molar-refractivity contribution in [2.45, 2.75) is 18.9 Å². The molecule has 2 aliphatic rings. The molecule has 122 valence electrons. The molecular weight excluding hydrogens is 304 g/mol. The smallest absolute Gasteiger partial charge is 0.154 e. The molecule has 1 fully saturated rings. The van der Waals surface area contributed by atoms with Gasteiger partial charge in [-0.1, -0.05) is 0 Å². The quantitative estimate of drug-likeness (QED) is 0.856. The molecule has 23 heavy (non-hydrogen) atoms. The SMILES string of the molecule is CN1CCOC(c2nc3c(F)c4c(c(F)c3[nH]2)CC(C=O)C4)C1. The van der Waals surface area contributed by atoms with Crippen LogP contribution in [0.2, 0.25) is 0 Å². The molecule has 1 aromatic carbocycles. The number of hydrogen-bond donors (Lipinski definition) is 1. The van der Waals surface area contributed by atoms with Gasteiger partial charge in [0.15, 0.2) is 11.6 Å². The Morgan fingerprint density at radius 3 is 2.74 bits per heavy atom. The number of hydrogen-bond acceptors (Lipinski definition) is 4. The first-order valence-electron chi connectivity index (χ1n) is 7.72. The summed E-state index contributed by atoms with van der Waals surface area (Å²) in [4.78, 5) is 20.2. The molecule has 7 heteroatoms. The molecule has 1 N–H and O–H groups in total. The number of aromatic nitrogens is 2. The highest BCUT2D eigenvalue weighted by Crippen LogP contribution is 2.36. The van der Waals surface area contributed by atoms with E-state index < -0.39 is 11.6 Å². The number of nitrogens with zero attached hydrogens (tertiary/aromatic N) is 2. The maximum absolute atomic E-state index is 14.7. The third-order valence-electron chi connectivity index (χ3n) is 4.74. The van der Waals surface area contributed by atoms with Crippen LogP contribution in [0.5, 0.6) is 0 Å². The zero-order valence-electron chi connectivity index (χ0n) is 12.7. The zero-order valence-corrected chi connectivity index (χ0v) is 12.7. The first kappa shape index (κ1) is 14.7. The number of halogens is 2. The standard InChI is InChI=1S/C16H17F2N3O2/c1-21-2-3-23-11(6-21)16-19-14-12(17)9-4-8(7-22)5-10(9)13(18)15(14)20-16/h7-8,11H,2-6H2,1H3,(H,19,20). The van der Waals surface area contributed by atoms with E-state index in [2.05, 4.69) is 14.9 Å². The summed E-state index contributed by atoms with van der Waals surface area (Å²) in [6.07, 6.45) is 0.923. The van der Waals surface area contributed by atoms with Crippen molar-refractivity contribution in [3.05, 3.63) is 28.6 Å². The number of aromatic amines is 1. The summed E-state index contributed by atoms with van der Waals surface area (Å²) in [6, 6.07) is 0. The second-order valence-corrected chi connectivity index (χ2v) is 6.36. The number of likely N-dealkylation sites (N-methyl/N-ethyl adjacent to an activating group) is 1. The number of imidazole rings is 1. The van der Waals surface area contributed by atoms with Crippen molar-refractivity contribution in [1.82, 2.24) is 14.9 Å². The number of benzene rings is 1. The molecule has 0 bridgehead atoms. The number of aldehydes is 1. The Labute approximate surface area is 131 Å². The molecule has 2 aromatic rings. The molecule has 5 nitrogen and oxygen atoms in total. The fraction of sp³-hybridized carbons (Fsp3) is 0.500. The van der Waals surface area contributed by atoms with E-state index in [-0.39, 0.29) is 41.5 Å². The van der Waals surface area contributed by atoms with Crippen LogP contribution >= 0.6 is 0 Å². The summed E-state index contributed by atoms with van der Waals surface area (Å²) in [6.45, 7) is 2.00. The Morgan fingerprint density at radius 2 is 2.04 bits per heavy atom. The lowest BCUT2D eigenvalue weighted by atomic mass is 10.1. The lowest BCUT2D eigenvalue weighted by Gasteiger charge is -2.28. The van der Waals surface area contributed by atoms with Gasteiger partial charge in [0, 0.05) is 19.0 Å². The number of H-pyrrole nitrogens is 1. The van der Waals surface area contributed by atoms with Gasteiger partial charge in [-0.2, -0.15) is 0 Å². The molecule has 2 unspecified atom stereocenters. The summed E-state index contributed by atoms with van der Waals surface area (Å²) in [5.41, 5.74) is 0.648. The monoisotopic (exact) mass is 321 g/mol. The minimum Gasteiger partial charge on any atom is -0.368 e. The van der Waals surface area contributed by atoms with Crippen LogP contribution in [0.4, 0.5) is 8.78 Å². The third-order valence-corrected chi connectivity index (χ3v) is 4.74. The second-order valence-electron chi connectivity index (χ2n) is 6.36. The van der Waals surface area contributed by atoms with E-state index in [0.29, 0.717) is 24.5 Å². The number of rotatable bonds is 2. The van der Waals surface area contributed by atoms with Crippen LogP contribution in [0, 0.1) is 17.6 Å². The Balaban J connectivity index is 1.80. The van der Waals surface area contributed by atoms with Crippen LogP contribution < -0.4 is 0 Å². The van der Waals surface area contributed by atoms with Crippen LogP contribution in [-0.2, 0) is 22.4 Å². The minimum absolute atomic E-state index is 0.000347. The van der Waals surface area contributed by atoms with Crippen LogP contribution in [0.3, 0.4) is 0 Å². The maximum atomic E-state index is 14.7. The van der Waals surface area contributed by atoms with Gasteiger partial charge in [0.05, 0.1) is 6.61 Å². The maximum Gasteiger partial charge on any atom is 0.154 e. The van der Waals surface area contributed by atoms with E-state index in [9.17, 15) is 13.6 Å². The van der Waals surface area contributed by atoms with Gasteiger partial charge < -0.3 is 19.4 Å². The lowest BCUT2D eigenvalue weighted by molar-refractivity contribution is -0.110. The molecule has 4 rings (SSSR count). The predicted octanol–water partition coefficient (Wildman–Crippen LogP) is 1.76. The number of ether oxygens (including phenoxy) is 1. The highest BCUT2D eigenvalue weighted by molar-refractivity contribution is 5.80. The van der Waals surface area contributed by atoms with Crippen molar-refractivity contribution in [3.63, 3.8) is 0 Å². The molecule has 2 heterocycles. The Morgan fingerprint density at radius 1 is 1.30 bits per heavy atom. The molecule has 0 saturated carbocycles. The Bertz CT molecular complexity index is 740. The highest BCUT2D eigenvalue weighted by atomic mass is 19.1. The summed E-state index contributed by atoms with van der Waals surface area (Å²) in [7, 11) is 1.97. The molecule has 1 aromatic heterocycles. The molecule has 1 saturated heterocycles. The van der Waals surface area contributed by atoms with Crippen molar-refractivity contribution in [2.24, 2.45) is 5.92 Å². The molecule has 0 radical (unpaired) electrons. The van der Waals surface area contributed by atoms with Crippen LogP contribution in [0.1, 0.15) is 23.1 Å². The van der Waals surface area contributed by atoms with E-state index in [1.807, 2.05) is 7.05 Å². The molecule has 1 aliphatic heterocycles. The number of carbonyl (C=O) groups is 1. The molecule has 0 amide bonds. The van der Waals surface area contributed by atoms with E-state index >= 15 is 0 Å². The number of fused-ring (bicyclic) bond motifs is 2. The fourth-order valence-electron chi connectivity index (χ4n) is 3.48. The van der Waals surface area contributed by atoms with Crippen molar-refractivity contribution in [1.29, 1.82) is 0 Å². The first-order valence-corrected chi connectivity index (χ1v) is 7.72. The molecule has 2 atom stereocenters. The normalized spacial score (nSPS) is 22.7. The van der Waals surface area contributed by atoms with Gasteiger partial charge >= 0.3 is 0 Å². The van der Waals surface area contributed by atoms with Gasteiger partial charge in [0.1, 0.15) is 29.2 Å². The van der Waals surface area contributed by atoms with Gasteiger partial charge in [-0.05, 0) is 31.0 Å². The molecular formula is C16H17F2N3O2. The van der Waals surface area contributed by atoms with Crippen LogP contribution in [-0.4, -0.2) is 47.9 Å². The number of morpholine rings is 1. The largest absolute Gasteiger partial charge is 0.368 e. The zero-order chi connectivity index (χ0) is 16.1. The summed E-state index contributed by atoms with van der Waals surface area (Å²) in [5, 5.41) is 0. The average Bonchev–Trinajstić information content (AvgIpc) is 3.17. The van der Waals surface area contributed by atoms with Gasteiger partial charge in [0.25, 0.3) is 0 Å². The topological polar surface area (TPSA) is 58.2 Å². The van der Waals surface area contributed by atoms with E-state index in [1.54, 1.807) is 0 Å².